The second kappa shape index (κ2) is 8.55. The van der Waals surface area contributed by atoms with Gasteiger partial charge in [-0.15, -0.1) is 0 Å². The molecule has 0 spiro atoms. The van der Waals surface area contributed by atoms with E-state index in [2.05, 4.69) is 4.98 Å². The number of esters is 1. The number of aromatic nitrogens is 1. The molecule has 3 aromatic carbocycles. The lowest BCUT2D eigenvalue weighted by Crippen LogP contribution is -2.42. The summed E-state index contributed by atoms with van der Waals surface area (Å²) in [6.07, 6.45) is 1.73. The van der Waals surface area contributed by atoms with Gasteiger partial charge in [0.1, 0.15) is 23.9 Å². The van der Waals surface area contributed by atoms with E-state index in [4.69, 9.17) is 9.47 Å². The maximum absolute atomic E-state index is 13.5. The minimum atomic E-state index is -0.721. The van der Waals surface area contributed by atoms with Crippen molar-refractivity contribution in [3.05, 3.63) is 102 Å². The van der Waals surface area contributed by atoms with E-state index in [1.807, 2.05) is 78.9 Å². The van der Waals surface area contributed by atoms with Gasteiger partial charge >= 0.3 is 5.97 Å². The van der Waals surface area contributed by atoms with Crippen LogP contribution in [0.25, 0.3) is 10.9 Å². The van der Waals surface area contributed by atoms with E-state index in [1.165, 1.54) is 0 Å². The maximum atomic E-state index is 13.5. The van der Waals surface area contributed by atoms with Crippen LogP contribution in [0.4, 0.5) is 5.69 Å². The van der Waals surface area contributed by atoms with Crippen LogP contribution in [-0.4, -0.2) is 29.5 Å². The Labute approximate surface area is 203 Å². The number of nitrogens with zero attached hydrogens (tertiary/aromatic N) is 2. The molecule has 3 atom stereocenters. The molecular weight excluding hydrogens is 440 g/mol. The fourth-order valence-corrected chi connectivity index (χ4v) is 5.49. The minimum Gasteiger partial charge on any atom is -0.487 e. The number of anilines is 1. The van der Waals surface area contributed by atoms with Gasteiger partial charge in [-0.3, -0.25) is 14.7 Å². The number of hydrogen-bond donors (Lipinski definition) is 0. The largest absolute Gasteiger partial charge is 0.487 e. The van der Waals surface area contributed by atoms with Crippen molar-refractivity contribution in [1.29, 1.82) is 0 Å². The van der Waals surface area contributed by atoms with Crippen LogP contribution >= 0.6 is 0 Å². The van der Waals surface area contributed by atoms with Crippen LogP contribution in [0.1, 0.15) is 35.4 Å². The number of ether oxygens (including phenoxy) is 2. The van der Waals surface area contributed by atoms with Crippen molar-refractivity contribution in [2.24, 2.45) is 0 Å². The molecule has 2 aliphatic heterocycles. The third kappa shape index (κ3) is 3.36. The van der Waals surface area contributed by atoms with Gasteiger partial charge in [0.2, 0.25) is 5.91 Å². The average Bonchev–Trinajstić information content (AvgIpc) is 3.35. The molecule has 3 unspecified atom stereocenters. The van der Waals surface area contributed by atoms with Crippen LogP contribution < -0.4 is 9.64 Å². The first-order valence-corrected chi connectivity index (χ1v) is 11.8. The summed E-state index contributed by atoms with van der Waals surface area (Å²) >= 11 is 0. The van der Waals surface area contributed by atoms with Crippen molar-refractivity contribution in [2.75, 3.05) is 11.5 Å². The van der Waals surface area contributed by atoms with E-state index in [9.17, 15) is 9.59 Å². The molecule has 6 heteroatoms. The van der Waals surface area contributed by atoms with E-state index in [0.717, 1.165) is 27.8 Å². The maximum Gasteiger partial charge on any atom is 0.329 e. The van der Waals surface area contributed by atoms with Crippen LogP contribution in [0.2, 0.25) is 0 Å². The third-order valence-electron chi connectivity index (χ3n) is 6.90. The fourth-order valence-electron chi connectivity index (χ4n) is 5.49. The molecule has 4 aromatic rings. The molecule has 6 nitrogen and oxygen atoms in total. The molecule has 1 saturated heterocycles. The number of para-hydroxylation sites is 1. The molecule has 0 aliphatic carbocycles. The molecule has 0 saturated carbocycles. The van der Waals surface area contributed by atoms with E-state index in [1.54, 1.807) is 18.0 Å². The van der Waals surface area contributed by atoms with Crippen LogP contribution in [0.5, 0.6) is 5.75 Å². The highest BCUT2D eigenvalue weighted by atomic mass is 16.5. The zero-order chi connectivity index (χ0) is 23.9. The quantitative estimate of drug-likeness (QED) is 0.377. The molecule has 6 rings (SSSR count). The number of benzene rings is 3. The van der Waals surface area contributed by atoms with Crippen molar-refractivity contribution in [3.63, 3.8) is 0 Å². The van der Waals surface area contributed by atoms with Crippen LogP contribution in [0.3, 0.4) is 0 Å². The predicted octanol–water partition coefficient (Wildman–Crippen LogP) is 4.97. The molecule has 2 bridgehead atoms. The number of hydrogen-bond acceptors (Lipinski definition) is 5. The molecule has 2 aliphatic rings. The molecular formula is C29H24N2O4. The van der Waals surface area contributed by atoms with Crippen LogP contribution in [0.15, 0.2) is 85.1 Å². The first kappa shape index (κ1) is 21.4. The number of carbonyl (C=O) groups is 2. The Morgan fingerprint density at radius 1 is 0.943 bits per heavy atom. The van der Waals surface area contributed by atoms with E-state index >= 15 is 0 Å². The van der Waals surface area contributed by atoms with Crippen molar-refractivity contribution in [3.8, 4) is 5.75 Å². The van der Waals surface area contributed by atoms with Gasteiger partial charge in [-0.05, 0) is 41.8 Å². The zero-order valence-electron chi connectivity index (χ0n) is 19.3. The molecule has 35 heavy (non-hydrogen) atoms. The Bertz CT molecular complexity index is 1440. The second-order valence-corrected chi connectivity index (χ2v) is 8.79. The summed E-state index contributed by atoms with van der Waals surface area (Å²) in [4.78, 5) is 32.9. The lowest BCUT2D eigenvalue weighted by atomic mass is 9.77. The second-order valence-electron chi connectivity index (χ2n) is 8.79. The molecule has 1 aromatic heterocycles. The third-order valence-corrected chi connectivity index (χ3v) is 6.90. The van der Waals surface area contributed by atoms with Gasteiger partial charge < -0.3 is 9.47 Å². The standard InChI is InChI=1S/C29H24N2O4/c1-2-34-29(33)27-24(25-21-11-6-7-13-22(21)31(27)28(25)32)19-14-15-23(26-20(19)12-8-16-30-26)35-17-18-9-4-3-5-10-18/h3-16,24-25,27H,2,17H2,1H3. The zero-order valence-corrected chi connectivity index (χ0v) is 19.3. The minimum absolute atomic E-state index is 0.0595. The lowest BCUT2D eigenvalue weighted by molar-refractivity contribution is -0.145. The summed E-state index contributed by atoms with van der Waals surface area (Å²) in [6.45, 7) is 2.46. The Kier molecular flexibility index (Phi) is 5.21. The van der Waals surface area contributed by atoms with Gasteiger partial charge in [-0.25, -0.2) is 4.79 Å². The van der Waals surface area contributed by atoms with Gasteiger partial charge in [0.15, 0.2) is 0 Å². The van der Waals surface area contributed by atoms with Crippen LogP contribution in [0, 0.1) is 0 Å². The van der Waals surface area contributed by atoms with Crippen molar-refractivity contribution in [1.82, 2.24) is 4.98 Å². The first-order chi connectivity index (χ1) is 17.2. The predicted molar refractivity (Wildman–Crippen MR) is 132 cm³/mol. The van der Waals surface area contributed by atoms with Crippen LogP contribution in [-0.2, 0) is 20.9 Å². The van der Waals surface area contributed by atoms with Crippen molar-refractivity contribution < 1.29 is 19.1 Å². The smallest absolute Gasteiger partial charge is 0.329 e. The van der Waals surface area contributed by atoms with E-state index in [-0.39, 0.29) is 24.4 Å². The summed E-state index contributed by atoms with van der Waals surface area (Å²) < 4.78 is 11.6. The van der Waals surface area contributed by atoms with Gasteiger partial charge in [-0.1, -0.05) is 60.7 Å². The summed E-state index contributed by atoms with van der Waals surface area (Å²) in [5.74, 6) is -0.609. The van der Waals surface area contributed by atoms with E-state index < -0.39 is 12.0 Å². The molecule has 1 amide bonds. The summed E-state index contributed by atoms with van der Waals surface area (Å²) in [5.41, 5.74) is 4.41. The lowest BCUT2D eigenvalue weighted by Gasteiger charge is -2.32. The summed E-state index contributed by atoms with van der Waals surface area (Å²) in [6, 6.07) is 24.7. The Morgan fingerprint density at radius 2 is 1.74 bits per heavy atom. The SMILES string of the molecule is CCOC(=O)C1C(c2ccc(OCc3ccccc3)c3ncccc23)C2C(=O)N1c1ccccc12. The highest BCUT2D eigenvalue weighted by molar-refractivity contribution is 6.14. The molecule has 0 radical (unpaired) electrons. The number of fused-ring (bicyclic) bond motifs is 6. The summed E-state index contributed by atoms with van der Waals surface area (Å²) in [5, 5.41) is 0.872. The first-order valence-electron chi connectivity index (χ1n) is 11.8. The average molecular weight is 465 g/mol. The van der Waals surface area contributed by atoms with Crippen molar-refractivity contribution in [2.45, 2.75) is 31.4 Å². The molecule has 174 valence electrons. The Hall–Kier alpha value is -4.19. The monoisotopic (exact) mass is 464 g/mol. The molecule has 0 N–H and O–H groups in total. The van der Waals surface area contributed by atoms with Gasteiger partial charge in [0.25, 0.3) is 0 Å². The molecule has 1 fully saturated rings. The number of carbonyl (C=O) groups excluding carboxylic acids is 2. The topological polar surface area (TPSA) is 68.7 Å². The molecule has 3 heterocycles. The highest BCUT2D eigenvalue weighted by Crippen LogP contribution is 2.56. The Morgan fingerprint density at radius 3 is 2.57 bits per heavy atom. The van der Waals surface area contributed by atoms with Gasteiger partial charge in [-0.2, -0.15) is 0 Å². The highest BCUT2D eigenvalue weighted by Gasteiger charge is 2.59. The van der Waals surface area contributed by atoms with Gasteiger partial charge in [0.05, 0.1) is 12.5 Å². The van der Waals surface area contributed by atoms with Gasteiger partial charge in [0, 0.05) is 23.2 Å². The van der Waals surface area contributed by atoms with Crippen molar-refractivity contribution >= 4 is 28.5 Å². The summed E-state index contributed by atoms with van der Waals surface area (Å²) in [7, 11) is 0. The fraction of sp³-hybridized carbons (Fsp3) is 0.207. The number of rotatable bonds is 6. The number of amides is 1. The number of pyridine rings is 1. The Balaban J connectivity index is 1.45. The normalized spacial score (nSPS) is 20.2. The van der Waals surface area contributed by atoms with E-state index in [0.29, 0.717) is 17.9 Å².